The van der Waals surface area contributed by atoms with E-state index in [1.54, 1.807) is 6.08 Å². The smallest absolute Gasteiger partial charge is 0.350 e. The molecule has 0 saturated heterocycles. The lowest BCUT2D eigenvalue weighted by Crippen LogP contribution is -2.60. The van der Waals surface area contributed by atoms with Crippen molar-refractivity contribution >= 4 is 11.8 Å². The van der Waals surface area contributed by atoms with E-state index < -0.39 is 17.6 Å². The lowest BCUT2D eigenvalue weighted by Gasteiger charge is -2.58. The second-order valence-corrected chi connectivity index (χ2v) is 11.9. The fourth-order valence-corrected chi connectivity index (χ4v) is 7.69. The van der Waals surface area contributed by atoms with Crippen LogP contribution in [0.3, 0.4) is 0 Å². The van der Waals surface area contributed by atoms with E-state index in [2.05, 4.69) is 30.6 Å². The minimum atomic E-state index is -4.35. The van der Waals surface area contributed by atoms with Crippen LogP contribution in [0, 0.1) is 40.4 Å². The Bertz CT molecular complexity index is 822. The number of alkyl halides is 3. The standard InChI is InChI=1S/C25H37F3N2O2/c1-14(25(26,27)28)22(2,3)30-21(32)18-8-7-16-15-6-9-19-24(5,13-11-20(31)29-19)17(15)10-12-23(16,18)4/h11,13-19H,6-10,12H2,1-5H3,(H,29,31)(H,30,32)/t14?,15-,16-,17-,18+,19+,23-,24+/m0/s1. The lowest BCUT2D eigenvalue weighted by molar-refractivity contribution is -0.188. The number of hydrogen-bond acceptors (Lipinski definition) is 2. The number of nitrogens with one attached hydrogen (secondary N) is 2. The van der Waals surface area contributed by atoms with Crippen LogP contribution < -0.4 is 10.6 Å². The Labute approximate surface area is 189 Å². The summed E-state index contributed by atoms with van der Waals surface area (Å²) < 4.78 is 39.9. The zero-order valence-corrected chi connectivity index (χ0v) is 19.8. The van der Waals surface area contributed by atoms with Gasteiger partial charge >= 0.3 is 6.18 Å². The summed E-state index contributed by atoms with van der Waals surface area (Å²) in [6.45, 7) is 8.53. The van der Waals surface area contributed by atoms with E-state index in [0.29, 0.717) is 17.8 Å². The topological polar surface area (TPSA) is 58.2 Å². The van der Waals surface area contributed by atoms with Crippen LogP contribution >= 0.6 is 0 Å². The number of hydrogen-bond donors (Lipinski definition) is 2. The number of fused-ring (bicyclic) bond motifs is 5. The molecular weight excluding hydrogens is 417 g/mol. The van der Waals surface area contributed by atoms with Crippen LogP contribution in [0.15, 0.2) is 12.2 Å². The van der Waals surface area contributed by atoms with Gasteiger partial charge in [0.05, 0.1) is 5.92 Å². The van der Waals surface area contributed by atoms with Gasteiger partial charge in [0.25, 0.3) is 0 Å². The molecule has 0 aromatic rings. The Morgan fingerprint density at radius 3 is 2.47 bits per heavy atom. The molecule has 180 valence electrons. The van der Waals surface area contributed by atoms with Crippen LogP contribution in [0.4, 0.5) is 13.2 Å². The molecule has 1 unspecified atom stereocenters. The Kier molecular flexibility index (Phi) is 5.53. The van der Waals surface area contributed by atoms with Gasteiger partial charge in [-0.25, -0.2) is 0 Å². The number of carbonyl (C=O) groups is 2. The molecule has 3 aliphatic carbocycles. The second kappa shape index (κ2) is 7.49. The Hall–Kier alpha value is -1.53. The molecule has 0 aromatic heterocycles. The van der Waals surface area contributed by atoms with Gasteiger partial charge in [-0.05, 0) is 81.6 Å². The highest BCUT2D eigenvalue weighted by atomic mass is 19.4. The van der Waals surface area contributed by atoms with E-state index in [9.17, 15) is 22.8 Å². The minimum absolute atomic E-state index is 0.0140. The molecule has 4 aliphatic rings. The molecule has 2 N–H and O–H groups in total. The van der Waals surface area contributed by atoms with Crippen molar-refractivity contribution in [3.05, 3.63) is 12.2 Å². The van der Waals surface area contributed by atoms with Gasteiger partial charge < -0.3 is 10.6 Å². The van der Waals surface area contributed by atoms with E-state index in [1.165, 1.54) is 13.8 Å². The van der Waals surface area contributed by atoms with Gasteiger partial charge in [-0.1, -0.05) is 26.8 Å². The van der Waals surface area contributed by atoms with Crippen molar-refractivity contribution in [2.24, 2.45) is 40.4 Å². The van der Waals surface area contributed by atoms with E-state index in [1.807, 2.05) is 0 Å². The molecule has 4 rings (SSSR count). The summed E-state index contributed by atoms with van der Waals surface area (Å²) in [5.74, 6) is -0.777. The molecule has 0 spiro atoms. The monoisotopic (exact) mass is 454 g/mol. The SMILES string of the molecule is CC(C(F)(F)F)C(C)(C)NC(=O)[C@H]1CC[C@H]2[C@@H]3CC[C@H]4NC(=O)C=C[C@]4(C)[C@H]3CC[C@]12C. The van der Waals surface area contributed by atoms with Crippen LogP contribution in [-0.2, 0) is 9.59 Å². The van der Waals surface area contributed by atoms with E-state index in [-0.39, 0.29) is 34.6 Å². The maximum Gasteiger partial charge on any atom is 0.393 e. The largest absolute Gasteiger partial charge is 0.393 e. The van der Waals surface area contributed by atoms with Gasteiger partial charge in [0.2, 0.25) is 11.8 Å². The third-order valence-electron chi connectivity index (χ3n) is 10.0. The number of amides is 2. The van der Waals surface area contributed by atoms with Gasteiger partial charge in [-0.2, -0.15) is 13.2 Å². The first-order valence-corrected chi connectivity index (χ1v) is 12.1. The highest BCUT2D eigenvalue weighted by Crippen LogP contribution is 2.65. The highest BCUT2D eigenvalue weighted by molar-refractivity contribution is 5.89. The summed E-state index contributed by atoms with van der Waals surface area (Å²) in [6.07, 6.45) is 4.96. The van der Waals surface area contributed by atoms with Gasteiger partial charge in [0.15, 0.2) is 0 Å². The molecule has 4 nitrogen and oxygen atoms in total. The minimum Gasteiger partial charge on any atom is -0.350 e. The normalized spacial score (nSPS) is 42.4. The fraction of sp³-hybridized carbons (Fsp3) is 0.840. The molecule has 2 amide bonds. The average Bonchev–Trinajstić information content (AvgIpc) is 3.04. The number of halogens is 3. The van der Waals surface area contributed by atoms with Gasteiger partial charge in [0, 0.05) is 22.9 Å². The molecule has 7 heteroatoms. The lowest BCUT2D eigenvalue weighted by atomic mass is 9.48. The van der Waals surface area contributed by atoms with Crippen LogP contribution in [0.1, 0.15) is 73.1 Å². The van der Waals surface area contributed by atoms with Gasteiger partial charge in [-0.3, -0.25) is 9.59 Å². The van der Waals surface area contributed by atoms with Crippen molar-refractivity contribution in [2.75, 3.05) is 0 Å². The van der Waals surface area contributed by atoms with E-state index >= 15 is 0 Å². The zero-order valence-electron chi connectivity index (χ0n) is 19.8. The Balaban J connectivity index is 1.53. The summed E-state index contributed by atoms with van der Waals surface area (Å²) in [4.78, 5) is 25.2. The Morgan fingerprint density at radius 2 is 1.81 bits per heavy atom. The summed E-state index contributed by atoms with van der Waals surface area (Å²) in [6, 6.07) is 0.163. The van der Waals surface area contributed by atoms with Crippen molar-refractivity contribution in [2.45, 2.75) is 90.9 Å². The van der Waals surface area contributed by atoms with Crippen molar-refractivity contribution in [3.63, 3.8) is 0 Å². The summed E-state index contributed by atoms with van der Waals surface area (Å²) in [7, 11) is 0. The molecular formula is C25H37F3N2O2. The maximum atomic E-state index is 13.3. The predicted molar refractivity (Wildman–Crippen MR) is 116 cm³/mol. The van der Waals surface area contributed by atoms with Crippen LogP contribution in [0.2, 0.25) is 0 Å². The first kappa shape index (κ1) is 23.6. The third-order valence-corrected chi connectivity index (χ3v) is 10.0. The second-order valence-electron chi connectivity index (χ2n) is 11.9. The highest BCUT2D eigenvalue weighted by Gasteiger charge is 2.61. The Morgan fingerprint density at radius 1 is 1.12 bits per heavy atom. The fourth-order valence-electron chi connectivity index (χ4n) is 7.69. The average molecular weight is 455 g/mol. The molecule has 1 aliphatic heterocycles. The van der Waals surface area contributed by atoms with Gasteiger partial charge in [0.1, 0.15) is 0 Å². The number of rotatable bonds is 3. The predicted octanol–water partition coefficient (Wildman–Crippen LogP) is 4.99. The van der Waals surface area contributed by atoms with Crippen molar-refractivity contribution in [3.8, 4) is 0 Å². The quantitative estimate of drug-likeness (QED) is 0.631. The molecule has 32 heavy (non-hydrogen) atoms. The summed E-state index contributed by atoms with van der Waals surface area (Å²) >= 11 is 0. The molecule has 3 fully saturated rings. The van der Waals surface area contributed by atoms with Crippen LogP contribution in [0.25, 0.3) is 0 Å². The summed E-state index contributed by atoms with van der Waals surface area (Å²) in [5.41, 5.74) is -1.60. The first-order valence-electron chi connectivity index (χ1n) is 12.1. The van der Waals surface area contributed by atoms with Crippen molar-refractivity contribution < 1.29 is 22.8 Å². The van der Waals surface area contributed by atoms with E-state index in [0.717, 1.165) is 45.4 Å². The molecule has 1 heterocycles. The molecule has 3 saturated carbocycles. The molecule has 8 atom stereocenters. The zero-order chi connectivity index (χ0) is 23.7. The van der Waals surface area contributed by atoms with E-state index in [4.69, 9.17) is 0 Å². The number of carbonyl (C=O) groups excluding carboxylic acids is 2. The molecule has 0 bridgehead atoms. The van der Waals surface area contributed by atoms with Crippen LogP contribution in [-0.4, -0.2) is 29.6 Å². The van der Waals surface area contributed by atoms with Crippen molar-refractivity contribution in [1.82, 2.24) is 10.6 Å². The molecule has 0 aromatic carbocycles. The third kappa shape index (κ3) is 3.58. The van der Waals surface area contributed by atoms with Crippen molar-refractivity contribution in [1.29, 1.82) is 0 Å². The molecule has 0 radical (unpaired) electrons. The maximum absolute atomic E-state index is 13.3. The van der Waals surface area contributed by atoms with Crippen LogP contribution in [0.5, 0.6) is 0 Å². The van der Waals surface area contributed by atoms with Gasteiger partial charge in [-0.15, -0.1) is 0 Å². The first-order chi connectivity index (χ1) is 14.7. The summed E-state index contributed by atoms with van der Waals surface area (Å²) in [5, 5.41) is 5.93.